The number of amides is 1. The number of carbonyl (C=O) groups excluding carboxylic acids is 1. The van der Waals surface area contributed by atoms with Gasteiger partial charge in [-0.05, 0) is 18.2 Å². The minimum Gasteiger partial charge on any atom is -0.399 e. The molecule has 1 amide bonds. The van der Waals surface area contributed by atoms with E-state index in [1.54, 1.807) is 0 Å². The predicted molar refractivity (Wildman–Crippen MR) is 56.6 cm³/mol. The van der Waals surface area contributed by atoms with Crippen LogP contribution in [0, 0.1) is 18.2 Å². The molecule has 0 heterocycles. The van der Waals surface area contributed by atoms with E-state index in [0.29, 0.717) is 0 Å². The van der Waals surface area contributed by atoms with Gasteiger partial charge in [0.05, 0.1) is 12.1 Å². The lowest BCUT2D eigenvalue weighted by Gasteiger charge is -2.14. The van der Waals surface area contributed by atoms with E-state index in [9.17, 15) is 9.18 Å². The van der Waals surface area contributed by atoms with E-state index in [4.69, 9.17) is 12.2 Å². The second-order valence-electron chi connectivity index (χ2n) is 3.10. The smallest absolute Gasteiger partial charge is 0.257 e. The monoisotopic (exact) mass is 206 g/mol. The van der Waals surface area contributed by atoms with Gasteiger partial charge in [-0.2, -0.15) is 0 Å². The zero-order valence-electron chi connectivity index (χ0n) is 8.33. The summed E-state index contributed by atoms with van der Waals surface area (Å²) >= 11 is 0. The Morgan fingerprint density at radius 2 is 2.33 bits per heavy atom. The molecule has 1 aromatic carbocycles. The van der Waals surface area contributed by atoms with Crippen LogP contribution in [0.4, 0.5) is 10.1 Å². The molecule has 0 fully saturated rings. The normalized spacial score (nSPS) is 9.40. The van der Waals surface area contributed by atoms with Crippen LogP contribution in [0.25, 0.3) is 0 Å². The molecule has 0 saturated heterocycles. The molecule has 0 bridgehead atoms. The van der Waals surface area contributed by atoms with E-state index in [0.717, 1.165) is 6.07 Å². The average molecular weight is 206 g/mol. The zero-order chi connectivity index (χ0) is 11.4. The largest absolute Gasteiger partial charge is 0.399 e. The van der Waals surface area contributed by atoms with Crippen LogP contribution >= 0.6 is 0 Å². The third-order valence-corrected chi connectivity index (χ3v) is 1.90. The lowest BCUT2D eigenvalue weighted by atomic mass is 10.1. The van der Waals surface area contributed by atoms with Crippen LogP contribution in [-0.4, -0.2) is 24.4 Å². The topological polar surface area (TPSA) is 46.3 Å². The fourth-order valence-electron chi connectivity index (χ4n) is 1.12. The van der Waals surface area contributed by atoms with Gasteiger partial charge < -0.3 is 10.6 Å². The van der Waals surface area contributed by atoms with Crippen molar-refractivity contribution in [3.63, 3.8) is 0 Å². The number of anilines is 1. The number of benzene rings is 1. The second kappa shape index (κ2) is 4.47. The molecule has 0 aliphatic heterocycles. The Bertz CT molecular complexity index is 423. The number of rotatable bonds is 2. The quantitative estimate of drug-likeness (QED) is 0.582. The predicted octanol–water partition coefficient (Wildman–Crippen LogP) is 1.11. The van der Waals surface area contributed by atoms with E-state index < -0.39 is 11.7 Å². The third kappa shape index (κ3) is 2.47. The van der Waals surface area contributed by atoms with Gasteiger partial charge in [-0.3, -0.25) is 4.79 Å². The van der Waals surface area contributed by atoms with Crippen molar-refractivity contribution >= 4 is 11.6 Å². The molecule has 0 spiro atoms. The van der Waals surface area contributed by atoms with Gasteiger partial charge in [-0.25, -0.2) is 4.39 Å². The molecule has 0 saturated carbocycles. The van der Waals surface area contributed by atoms with Gasteiger partial charge in [0.1, 0.15) is 5.82 Å². The molecule has 1 aromatic rings. The van der Waals surface area contributed by atoms with Crippen molar-refractivity contribution in [3.8, 4) is 12.3 Å². The molecule has 3 nitrogen and oxygen atoms in total. The van der Waals surface area contributed by atoms with Gasteiger partial charge >= 0.3 is 0 Å². The van der Waals surface area contributed by atoms with Crippen LogP contribution in [0.3, 0.4) is 0 Å². The van der Waals surface area contributed by atoms with Gasteiger partial charge in [0, 0.05) is 12.7 Å². The average Bonchev–Trinajstić information content (AvgIpc) is 2.17. The molecule has 0 aliphatic carbocycles. The van der Waals surface area contributed by atoms with Gasteiger partial charge in [0.15, 0.2) is 0 Å². The molecule has 0 aromatic heterocycles. The number of halogens is 1. The Kier molecular flexibility index (Phi) is 3.29. The SMILES string of the molecule is C#CCN(C)C(=O)c1ccc(N)cc1F. The van der Waals surface area contributed by atoms with Crippen LogP contribution < -0.4 is 5.73 Å². The number of nitrogens with zero attached hydrogens (tertiary/aromatic N) is 1. The Hall–Kier alpha value is -2.02. The third-order valence-electron chi connectivity index (χ3n) is 1.90. The maximum atomic E-state index is 13.3. The molecule has 15 heavy (non-hydrogen) atoms. The van der Waals surface area contributed by atoms with E-state index in [-0.39, 0.29) is 17.8 Å². The maximum absolute atomic E-state index is 13.3. The van der Waals surface area contributed by atoms with Crippen molar-refractivity contribution in [2.75, 3.05) is 19.3 Å². The van der Waals surface area contributed by atoms with E-state index >= 15 is 0 Å². The number of nitrogens with two attached hydrogens (primary N) is 1. The van der Waals surface area contributed by atoms with Crippen LogP contribution in [-0.2, 0) is 0 Å². The second-order valence-corrected chi connectivity index (χ2v) is 3.10. The van der Waals surface area contributed by atoms with Crippen LogP contribution in [0.2, 0.25) is 0 Å². The molecule has 0 atom stereocenters. The van der Waals surface area contributed by atoms with Gasteiger partial charge in [0.25, 0.3) is 5.91 Å². The van der Waals surface area contributed by atoms with Crippen LogP contribution in [0.5, 0.6) is 0 Å². The first kappa shape index (κ1) is 11.1. The van der Waals surface area contributed by atoms with E-state index in [2.05, 4.69) is 5.92 Å². The number of terminal acetylenes is 1. The van der Waals surface area contributed by atoms with Gasteiger partial charge in [-0.1, -0.05) is 5.92 Å². The summed E-state index contributed by atoms with van der Waals surface area (Å²) < 4.78 is 13.3. The number of hydrogen-bond donors (Lipinski definition) is 1. The fraction of sp³-hybridized carbons (Fsp3) is 0.182. The highest BCUT2D eigenvalue weighted by Crippen LogP contribution is 2.13. The highest BCUT2D eigenvalue weighted by Gasteiger charge is 2.15. The van der Waals surface area contributed by atoms with Crippen molar-refractivity contribution in [3.05, 3.63) is 29.6 Å². The highest BCUT2D eigenvalue weighted by molar-refractivity contribution is 5.94. The Labute approximate surface area is 87.7 Å². The Morgan fingerprint density at radius 3 is 2.87 bits per heavy atom. The van der Waals surface area contributed by atoms with E-state index in [1.807, 2.05) is 0 Å². The number of hydrogen-bond acceptors (Lipinski definition) is 2. The lowest BCUT2D eigenvalue weighted by Crippen LogP contribution is -2.27. The molecule has 0 unspecified atom stereocenters. The van der Waals surface area contributed by atoms with Crippen LogP contribution in [0.15, 0.2) is 18.2 Å². The zero-order valence-corrected chi connectivity index (χ0v) is 8.33. The summed E-state index contributed by atoms with van der Waals surface area (Å²) in [5.41, 5.74) is 5.62. The summed E-state index contributed by atoms with van der Waals surface area (Å²) in [6, 6.07) is 3.93. The first-order chi connectivity index (χ1) is 7.06. The number of nitrogen functional groups attached to an aromatic ring is 1. The van der Waals surface area contributed by atoms with Gasteiger partial charge in [-0.15, -0.1) is 6.42 Å². The summed E-state index contributed by atoms with van der Waals surface area (Å²) in [5, 5.41) is 0. The minimum atomic E-state index is -0.635. The van der Waals surface area contributed by atoms with E-state index in [1.165, 1.54) is 24.1 Å². The molecule has 0 radical (unpaired) electrons. The molecule has 2 N–H and O–H groups in total. The van der Waals surface area contributed by atoms with Crippen molar-refractivity contribution in [2.45, 2.75) is 0 Å². The van der Waals surface area contributed by atoms with Crippen molar-refractivity contribution in [1.82, 2.24) is 4.90 Å². The standard InChI is InChI=1S/C11H11FN2O/c1-3-6-14(2)11(15)9-5-4-8(13)7-10(9)12/h1,4-5,7H,6,13H2,2H3. The summed E-state index contributed by atoms with van der Waals surface area (Å²) in [5.74, 6) is 1.22. The summed E-state index contributed by atoms with van der Waals surface area (Å²) in [6.45, 7) is 0.142. The molecule has 0 aliphatic rings. The van der Waals surface area contributed by atoms with Gasteiger partial charge in [0.2, 0.25) is 0 Å². The van der Waals surface area contributed by atoms with Crippen molar-refractivity contribution in [2.24, 2.45) is 0 Å². The summed E-state index contributed by atoms with van der Waals surface area (Å²) in [4.78, 5) is 12.9. The van der Waals surface area contributed by atoms with Crippen molar-refractivity contribution in [1.29, 1.82) is 0 Å². The summed E-state index contributed by atoms with van der Waals surface area (Å²) in [7, 11) is 1.51. The Balaban J connectivity index is 2.97. The summed E-state index contributed by atoms with van der Waals surface area (Å²) in [6.07, 6.45) is 5.05. The highest BCUT2D eigenvalue weighted by atomic mass is 19.1. The first-order valence-corrected chi connectivity index (χ1v) is 4.30. The minimum absolute atomic E-state index is 0.0260. The fourth-order valence-corrected chi connectivity index (χ4v) is 1.12. The molecular weight excluding hydrogens is 195 g/mol. The number of carbonyl (C=O) groups is 1. The molecular formula is C11H11FN2O. The molecule has 4 heteroatoms. The van der Waals surface area contributed by atoms with Crippen LogP contribution in [0.1, 0.15) is 10.4 Å². The van der Waals surface area contributed by atoms with Crippen molar-refractivity contribution < 1.29 is 9.18 Å². The first-order valence-electron chi connectivity index (χ1n) is 4.30. The lowest BCUT2D eigenvalue weighted by molar-refractivity contribution is 0.0808. The molecule has 78 valence electrons. The molecule has 1 rings (SSSR count). The maximum Gasteiger partial charge on any atom is 0.257 e. The Morgan fingerprint density at radius 1 is 1.67 bits per heavy atom.